The molecule has 0 saturated heterocycles. The third-order valence-corrected chi connectivity index (χ3v) is 8.03. The van der Waals surface area contributed by atoms with Gasteiger partial charge in [-0.25, -0.2) is 8.42 Å². The maximum absolute atomic E-state index is 13.1. The van der Waals surface area contributed by atoms with E-state index in [-0.39, 0.29) is 28.0 Å². The van der Waals surface area contributed by atoms with Crippen molar-refractivity contribution in [3.05, 3.63) is 42.0 Å². The van der Waals surface area contributed by atoms with E-state index in [2.05, 4.69) is 10.6 Å². The Morgan fingerprint density at radius 3 is 2.29 bits per heavy atom. The van der Waals surface area contributed by atoms with Gasteiger partial charge in [-0.05, 0) is 29.7 Å². The lowest BCUT2D eigenvalue weighted by atomic mass is 9.88. The largest absolute Gasteiger partial charge is 0.493 e. The maximum atomic E-state index is 13.1. The lowest BCUT2D eigenvalue weighted by Gasteiger charge is -2.23. The van der Waals surface area contributed by atoms with Crippen LogP contribution in [0.3, 0.4) is 0 Å². The number of anilines is 1. The molecular weight excluding hydrogens is 436 g/mol. The van der Waals surface area contributed by atoms with E-state index >= 15 is 0 Å². The van der Waals surface area contributed by atoms with E-state index in [0.717, 1.165) is 16.1 Å². The van der Waals surface area contributed by atoms with Crippen molar-refractivity contribution in [2.24, 2.45) is 5.92 Å². The average molecular weight is 465 g/mol. The van der Waals surface area contributed by atoms with Gasteiger partial charge >= 0.3 is 0 Å². The van der Waals surface area contributed by atoms with Crippen molar-refractivity contribution in [3.63, 3.8) is 0 Å². The second-order valence-corrected chi connectivity index (χ2v) is 11.0. The van der Waals surface area contributed by atoms with Crippen molar-refractivity contribution >= 4 is 33.2 Å². The molecule has 0 bridgehead atoms. The lowest BCUT2D eigenvalue weighted by molar-refractivity contribution is -0.123. The topological polar surface area (TPSA) is 93.7 Å². The van der Waals surface area contributed by atoms with Crippen LogP contribution >= 0.6 is 11.8 Å². The van der Waals surface area contributed by atoms with Crippen molar-refractivity contribution in [1.82, 2.24) is 5.32 Å². The number of hydrogen-bond donors (Lipinski definition) is 2. The molecule has 0 spiro atoms. The lowest BCUT2D eigenvalue weighted by Crippen LogP contribution is -2.40. The van der Waals surface area contributed by atoms with Gasteiger partial charge < -0.3 is 20.1 Å². The highest BCUT2D eigenvalue weighted by Crippen LogP contribution is 2.44. The number of carbonyl (C=O) groups is 1. The summed E-state index contributed by atoms with van der Waals surface area (Å²) >= 11 is 1.49. The normalized spacial score (nSPS) is 16.4. The van der Waals surface area contributed by atoms with Gasteiger partial charge in [-0.2, -0.15) is 0 Å². The van der Waals surface area contributed by atoms with Crippen molar-refractivity contribution in [1.29, 1.82) is 0 Å². The number of ether oxygens (including phenoxy) is 2. The second-order valence-electron chi connectivity index (χ2n) is 7.55. The Hall–Kier alpha value is -2.39. The van der Waals surface area contributed by atoms with Crippen LogP contribution in [0.25, 0.3) is 0 Å². The summed E-state index contributed by atoms with van der Waals surface area (Å²) in [6, 6.07) is 10.3. The molecule has 31 heavy (non-hydrogen) atoms. The van der Waals surface area contributed by atoms with Crippen molar-refractivity contribution in [2.45, 2.75) is 42.0 Å². The fourth-order valence-corrected chi connectivity index (χ4v) is 5.46. The molecule has 1 aliphatic heterocycles. The summed E-state index contributed by atoms with van der Waals surface area (Å²) in [4.78, 5) is 14.4. The Balaban J connectivity index is 1.76. The molecule has 2 atom stereocenters. The molecule has 1 heterocycles. The molecule has 2 aromatic carbocycles. The summed E-state index contributed by atoms with van der Waals surface area (Å²) < 4.78 is 34.8. The number of fused-ring (bicyclic) bond motifs is 1. The number of methoxy groups -OCH3 is 2. The van der Waals surface area contributed by atoms with Gasteiger partial charge in [0.1, 0.15) is 0 Å². The zero-order valence-electron chi connectivity index (χ0n) is 18.3. The van der Waals surface area contributed by atoms with Gasteiger partial charge in [0, 0.05) is 11.0 Å². The summed E-state index contributed by atoms with van der Waals surface area (Å²) in [5.74, 6) is 0.781. The third kappa shape index (κ3) is 4.93. The number of rotatable bonds is 8. The monoisotopic (exact) mass is 464 g/mol. The molecule has 2 aromatic rings. The van der Waals surface area contributed by atoms with Crippen LogP contribution in [-0.4, -0.2) is 39.8 Å². The first kappa shape index (κ1) is 23.3. The molecule has 0 radical (unpaired) electrons. The fourth-order valence-electron chi connectivity index (χ4n) is 3.54. The Morgan fingerprint density at radius 2 is 1.74 bits per heavy atom. The molecule has 2 N–H and O–H groups in total. The fraction of sp³-hybridized carbons (Fsp3) is 0.409. The molecule has 0 saturated carbocycles. The summed E-state index contributed by atoms with van der Waals surface area (Å²) in [5, 5.41) is 6.34. The van der Waals surface area contributed by atoms with E-state index in [0.29, 0.717) is 11.5 Å². The molecule has 7 nitrogen and oxygen atoms in total. The summed E-state index contributed by atoms with van der Waals surface area (Å²) in [7, 11) is -0.113. The van der Waals surface area contributed by atoms with E-state index in [9.17, 15) is 13.2 Å². The number of thioether (sulfide) groups is 1. The number of nitrogens with one attached hydrogen (secondary N) is 2. The molecule has 0 aromatic heterocycles. The summed E-state index contributed by atoms with van der Waals surface area (Å²) in [6.07, 6.45) is 0. The Kier molecular flexibility index (Phi) is 7.06. The van der Waals surface area contributed by atoms with Gasteiger partial charge in [0.15, 0.2) is 26.8 Å². The minimum absolute atomic E-state index is 0.0302. The zero-order valence-corrected chi connectivity index (χ0v) is 19.9. The minimum atomic E-state index is -3.28. The van der Waals surface area contributed by atoms with Gasteiger partial charge in [0.25, 0.3) is 0 Å². The first-order valence-corrected chi connectivity index (χ1v) is 12.6. The number of benzene rings is 2. The first-order chi connectivity index (χ1) is 14.7. The van der Waals surface area contributed by atoms with Crippen LogP contribution in [-0.2, 0) is 14.6 Å². The van der Waals surface area contributed by atoms with Crippen LogP contribution in [0.15, 0.2) is 46.2 Å². The van der Waals surface area contributed by atoms with Crippen LogP contribution < -0.4 is 20.1 Å². The predicted octanol–water partition coefficient (Wildman–Crippen LogP) is 3.85. The van der Waals surface area contributed by atoms with Gasteiger partial charge in [-0.15, -0.1) is 0 Å². The number of sulfone groups is 1. The van der Waals surface area contributed by atoms with E-state index in [1.54, 1.807) is 45.4 Å². The highest BCUT2D eigenvalue weighted by atomic mass is 32.2. The molecule has 1 amide bonds. The van der Waals surface area contributed by atoms with Crippen LogP contribution in [0.1, 0.15) is 32.3 Å². The van der Waals surface area contributed by atoms with Crippen molar-refractivity contribution < 1.29 is 22.7 Å². The predicted molar refractivity (Wildman–Crippen MR) is 123 cm³/mol. The number of hydrogen-bond acceptors (Lipinski definition) is 7. The van der Waals surface area contributed by atoms with Crippen LogP contribution in [0.5, 0.6) is 11.5 Å². The van der Waals surface area contributed by atoms with Gasteiger partial charge in [0.05, 0.1) is 36.5 Å². The molecule has 168 valence electrons. The molecule has 2 unspecified atom stereocenters. The van der Waals surface area contributed by atoms with Crippen molar-refractivity contribution in [3.8, 4) is 11.5 Å². The van der Waals surface area contributed by atoms with E-state index in [1.165, 1.54) is 11.8 Å². The maximum Gasteiger partial charge on any atom is 0.230 e. The molecule has 9 heteroatoms. The molecule has 0 aliphatic carbocycles. The number of carbonyl (C=O) groups excluding carboxylic acids is 1. The van der Waals surface area contributed by atoms with E-state index < -0.39 is 15.8 Å². The van der Waals surface area contributed by atoms with E-state index in [4.69, 9.17) is 9.47 Å². The van der Waals surface area contributed by atoms with Crippen molar-refractivity contribution in [2.75, 3.05) is 25.3 Å². The minimum Gasteiger partial charge on any atom is -0.493 e. The van der Waals surface area contributed by atoms with E-state index in [1.807, 2.05) is 26.0 Å². The quantitative estimate of drug-likeness (QED) is 0.613. The highest BCUT2D eigenvalue weighted by molar-refractivity contribution is 8.00. The van der Waals surface area contributed by atoms with Crippen LogP contribution in [0.2, 0.25) is 0 Å². The van der Waals surface area contributed by atoms with Crippen LogP contribution in [0.4, 0.5) is 5.69 Å². The molecule has 0 fully saturated rings. The molecular formula is C22H28N2O5S2. The molecule has 1 aliphatic rings. The average Bonchev–Trinajstić information content (AvgIpc) is 3.13. The summed E-state index contributed by atoms with van der Waals surface area (Å²) in [5.41, 5.74) is 1.31. The smallest absolute Gasteiger partial charge is 0.230 e. The zero-order chi connectivity index (χ0) is 22.8. The number of amides is 1. The highest BCUT2D eigenvalue weighted by Gasteiger charge is 2.30. The van der Waals surface area contributed by atoms with Crippen LogP contribution in [0, 0.1) is 5.92 Å². The second kappa shape index (κ2) is 9.40. The third-order valence-electron chi connectivity index (χ3n) is 5.22. The standard InChI is InChI=1S/C22H28N2O5S2/c1-6-31(26,27)15-9-7-14(8-10-15)20(13(2)3)21(25)24-22-23-16-11-17(28-4)18(29-5)12-19(16)30-22/h7-13,20,22-23H,6H2,1-5H3,(H,24,25). The first-order valence-electron chi connectivity index (χ1n) is 10.0. The molecule has 3 rings (SSSR count). The Bertz CT molecular complexity index is 1020. The summed E-state index contributed by atoms with van der Waals surface area (Å²) in [6.45, 7) is 5.56. The van der Waals surface area contributed by atoms with Gasteiger partial charge in [-0.3, -0.25) is 4.79 Å². The van der Waals surface area contributed by atoms with Gasteiger partial charge in [0.2, 0.25) is 5.91 Å². The SMILES string of the molecule is CCS(=O)(=O)c1ccc(C(C(=O)NC2Nc3cc(OC)c(OC)cc3S2)C(C)C)cc1. The van der Waals surface area contributed by atoms with Gasteiger partial charge in [-0.1, -0.05) is 44.7 Å². The Labute approximate surface area is 187 Å². The Morgan fingerprint density at radius 1 is 1.13 bits per heavy atom.